The number of benzene rings is 1. The molecule has 0 spiro atoms. The van der Waals surface area contributed by atoms with Crippen molar-refractivity contribution in [3.63, 3.8) is 0 Å². The molecule has 106 valence electrons. The zero-order chi connectivity index (χ0) is 14.3. The molecule has 0 aliphatic heterocycles. The van der Waals surface area contributed by atoms with E-state index < -0.39 is 28.2 Å². The van der Waals surface area contributed by atoms with E-state index in [0.29, 0.717) is 6.42 Å². The fourth-order valence-corrected chi connectivity index (χ4v) is 2.44. The lowest BCUT2D eigenvalue weighted by Crippen LogP contribution is -2.29. The van der Waals surface area contributed by atoms with Crippen LogP contribution in [0.15, 0.2) is 24.3 Å². The number of carbonyl (C=O) groups is 1. The van der Waals surface area contributed by atoms with Gasteiger partial charge in [0.15, 0.2) is 0 Å². The minimum atomic E-state index is -3.52. The lowest BCUT2D eigenvalue weighted by molar-refractivity contribution is -0.136. The van der Waals surface area contributed by atoms with Crippen LogP contribution >= 0.6 is 0 Å². The largest absolute Gasteiger partial charge is 0.497 e. The maximum Gasteiger partial charge on any atom is 0.304 e. The van der Waals surface area contributed by atoms with Gasteiger partial charge < -0.3 is 9.84 Å². The van der Waals surface area contributed by atoms with Crippen molar-refractivity contribution in [2.75, 3.05) is 19.4 Å². The lowest BCUT2D eigenvalue weighted by Gasteiger charge is -2.06. The van der Waals surface area contributed by atoms with Crippen molar-refractivity contribution in [3.05, 3.63) is 29.8 Å². The molecule has 1 rings (SSSR count). The predicted molar refractivity (Wildman–Crippen MR) is 70.7 cm³/mol. The Morgan fingerprint density at radius 2 is 1.95 bits per heavy atom. The Hall–Kier alpha value is -1.60. The van der Waals surface area contributed by atoms with E-state index in [1.807, 2.05) is 12.1 Å². The van der Waals surface area contributed by atoms with Crippen molar-refractivity contribution in [2.24, 2.45) is 0 Å². The molecular weight excluding hydrogens is 270 g/mol. The summed E-state index contributed by atoms with van der Waals surface area (Å²) in [6.07, 6.45) is 0.147. The number of hydrogen-bond acceptors (Lipinski definition) is 4. The third-order valence-corrected chi connectivity index (χ3v) is 3.86. The summed E-state index contributed by atoms with van der Waals surface area (Å²) >= 11 is 0. The highest BCUT2D eigenvalue weighted by Crippen LogP contribution is 2.11. The highest BCUT2D eigenvalue weighted by Gasteiger charge is 2.11. The van der Waals surface area contributed by atoms with Gasteiger partial charge in [-0.05, 0) is 24.1 Å². The average molecular weight is 287 g/mol. The van der Waals surface area contributed by atoms with Crippen LogP contribution < -0.4 is 9.46 Å². The number of methoxy groups -OCH3 is 1. The van der Waals surface area contributed by atoms with Crippen molar-refractivity contribution in [1.82, 2.24) is 4.72 Å². The third kappa shape index (κ3) is 6.21. The Morgan fingerprint density at radius 1 is 1.32 bits per heavy atom. The molecule has 19 heavy (non-hydrogen) atoms. The Bertz CT molecular complexity index is 509. The molecule has 0 saturated carbocycles. The monoisotopic (exact) mass is 287 g/mol. The predicted octanol–water partition coefficient (Wildman–Crippen LogP) is 0.632. The van der Waals surface area contributed by atoms with Crippen molar-refractivity contribution in [3.8, 4) is 5.75 Å². The maximum absolute atomic E-state index is 11.4. The van der Waals surface area contributed by atoms with E-state index in [2.05, 4.69) is 4.72 Å². The van der Waals surface area contributed by atoms with Crippen LogP contribution in [0.5, 0.6) is 5.75 Å². The van der Waals surface area contributed by atoms with Gasteiger partial charge in [-0.3, -0.25) is 4.79 Å². The molecule has 0 saturated heterocycles. The molecule has 0 amide bonds. The van der Waals surface area contributed by atoms with Gasteiger partial charge in [-0.1, -0.05) is 12.1 Å². The number of carboxylic acid groups (broad SMARTS) is 1. The number of ether oxygens (including phenoxy) is 1. The van der Waals surface area contributed by atoms with Crippen LogP contribution in [0.25, 0.3) is 0 Å². The second-order valence-electron chi connectivity index (χ2n) is 3.96. The van der Waals surface area contributed by atoms with Gasteiger partial charge in [0, 0.05) is 6.54 Å². The van der Waals surface area contributed by atoms with Crippen LogP contribution in [0, 0.1) is 0 Å². The zero-order valence-corrected chi connectivity index (χ0v) is 11.4. The van der Waals surface area contributed by atoms with E-state index in [-0.39, 0.29) is 6.54 Å². The minimum Gasteiger partial charge on any atom is -0.497 e. The third-order valence-electron chi connectivity index (χ3n) is 2.48. The summed E-state index contributed by atoms with van der Waals surface area (Å²) < 4.78 is 30.2. The first-order chi connectivity index (χ1) is 8.93. The van der Waals surface area contributed by atoms with E-state index in [1.54, 1.807) is 19.2 Å². The van der Waals surface area contributed by atoms with Gasteiger partial charge in [0.2, 0.25) is 10.0 Å². The minimum absolute atomic E-state index is 0.244. The van der Waals surface area contributed by atoms with Crippen LogP contribution in [0.3, 0.4) is 0 Å². The SMILES string of the molecule is COc1ccc(CCNS(=O)(=O)CCC(=O)O)cc1. The Kier molecular flexibility index (Phi) is 5.78. The van der Waals surface area contributed by atoms with Gasteiger partial charge in [-0.2, -0.15) is 0 Å². The second-order valence-corrected chi connectivity index (χ2v) is 5.88. The van der Waals surface area contributed by atoms with E-state index in [1.165, 1.54) is 0 Å². The molecule has 1 aromatic carbocycles. The topological polar surface area (TPSA) is 92.7 Å². The van der Waals surface area contributed by atoms with Crippen LogP contribution in [-0.4, -0.2) is 38.9 Å². The van der Waals surface area contributed by atoms with Crippen LogP contribution in [0.2, 0.25) is 0 Å². The molecule has 0 unspecified atom stereocenters. The van der Waals surface area contributed by atoms with Crippen molar-refractivity contribution >= 4 is 16.0 Å². The van der Waals surface area contributed by atoms with E-state index >= 15 is 0 Å². The van der Waals surface area contributed by atoms with Crippen molar-refractivity contribution < 1.29 is 23.1 Å². The first-order valence-corrected chi connectivity index (χ1v) is 7.40. The molecular formula is C12H17NO5S. The zero-order valence-electron chi connectivity index (χ0n) is 10.6. The Labute approximate surface area is 112 Å². The molecule has 0 bridgehead atoms. The molecule has 0 radical (unpaired) electrons. The number of sulfonamides is 1. The number of nitrogens with one attached hydrogen (secondary N) is 1. The van der Waals surface area contributed by atoms with Gasteiger partial charge in [-0.15, -0.1) is 0 Å². The summed E-state index contributed by atoms with van der Waals surface area (Å²) in [5.41, 5.74) is 0.974. The number of hydrogen-bond donors (Lipinski definition) is 2. The Morgan fingerprint density at radius 3 is 2.47 bits per heavy atom. The summed E-state index contributed by atoms with van der Waals surface area (Å²) in [5.74, 6) is -0.781. The van der Waals surface area contributed by atoms with Gasteiger partial charge in [0.1, 0.15) is 5.75 Å². The first-order valence-electron chi connectivity index (χ1n) is 5.75. The fourth-order valence-electron chi connectivity index (χ4n) is 1.44. The number of carboxylic acids is 1. The summed E-state index contributed by atoms with van der Waals surface area (Å²) in [4.78, 5) is 10.3. The maximum atomic E-state index is 11.4. The van der Waals surface area contributed by atoms with Crippen LogP contribution in [0.4, 0.5) is 0 Å². The van der Waals surface area contributed by atoms with Gasteiger partial charge in [-0.25, -0.2) is 13.1 Å². The highest BCUT2D eigenvalue weighted by atomic mass is 32.2. The molecule has 0 aliphatic carbocycles. The normalized spacial score (nSPS) is 11.2. The van der Waals surface area contributed by atoms with E-state index in [9.17, 15) is 13.2 Å². The summed E-state index contributed by atoms with van der Waals surface area (Å²) in [6, 6.07) is 7.30. The second kappa shape index (κ2) is 7.10. The van der Waals surface area contributed by atoms with Crippen molar-refractivity contribution in [1.29, 1.82) is 0 Å². The van der Waals surface area contributed by atoms with E-state index in [4.69, 9.17) is 9.84 Å². The smallest absolute Gasteiger partial charge is 0.304 e. The van der Waals surface area contributed by atoms with Crippen LogP contribution in [0.1, 0.15) is 12.0 Å². The van der Waals surface area contributed by atoms with Crippen LogP contribution in [-0.2, 0) is 21.2 Å². The van der Waals surface area contributed by atoms with Gasteiger partial charge in [0.25, 0.3) is 0 Å². The summed E-state index contributed by atoms with van der Waals surface area (Å²) in [6.45, 7) is 0.244. The quantitative estimate of drug-likeness (QED) is 0.731. The van der Waals surface area contributed by atoms with E-state index in [0.717, 1.165) is 11.3 Å². The molecule has 0 aliphatic rings. The summed E-state index contributed by atoms with van der Waals surface area (Å²) in [7, 11) is -1.94. The molecule has 0 fully saturated rings. The first kappa shape index (κ1) is 15.5. The molecule has 6 nitrogen and oxygen atoms in total. The average Bonchev–Trinajstić information content (AvgIpc) is 2.37. The fraction of sp³-hybridized carbons (Fsp3) is 0.417. The Balaban J connectivity index is 2.38. The number of rotatable bonds is 8. The molecule has 0 atom stereocenters. The molecule has 2 N–H and O–H groups in total. The molecule has 1 aromatic rings. The molecule has 0 heterocycles. The number of aliphatic carboxylic acids is 1. The van der Waals surface area contributed by atoms with Gasteiger partial charge >= 0.3 is 5.97 Å². The van der Waals surface area contributed by atoms with Crippen molar-refractivity contribution in [2.45, 2.75) is 12.8 Å². The molecule has 0 aromatic heterocycles. The van der Waals surface area contributed by atoms with Gasteiger partial charge in [0.05, 0.1) is 19.3 Å². The highest BCUT2D eigenvalue weighted by molar-refractivity contribution is 7.89. The summed E-state index contributed by atoms with van der Waals surface area (Å²) in [5, 5.41) is 8.43. The molecule has 7 heteroatoms. The lowest BCUT2D eigenvalue weighted by atomic mass is 10.1. The standard InChI is InChI=1S/C12H17NO5S/c1-18-11-4-2-10(3-5-11)6-8-13-19(16,17)9-7-12(14)15/h2-5,13H,6-9H2,1H3,(H,14,15).